The Morgan fingerprint density at radius 2 is 1.82 bits per heavy atom. The van der Waals surface area contributed by atoms with Crippen molar-refractivity contribution < 1.29 is 28.2 Å². The summed E-state index contributed by atoms with van der Waals surface area (Å²) in [7, 11) is 3.03. The summed E-state index contributed by atoms with van der Waals surface area (Å²) >= 11 is 0. The molecule has 0 saturated heterocycles. The second-order valence-electron chi connectivity index (χ2n) is 6.68. The number of ketones is 1. The number of methoxy groups -OCH3 is 2. The molecule has 1 N–H and O–H groups in total. The molecule has 0 heterocycles. The third-order valence-corrected chi connectivity index (χ3v) is 4.74. The fourth-order valence-corrected chi connectivity index (χ4v) is 3.33. The van der Waals surface area contributed by atoms with Crippen LogP contribution < -0.4 is 19.5 Å². The second kappa shape index (κ2) is 7.88. The van der Waals surface area contributed by atoms with Crippen molar-refractivity contribution in [2.75, 3.05) is 19.5 Å². The van der Waals surface area contributed by atoms with Crippen LogP contribution in [0.15, 0.2) is 30.3 Å². The van der Waals surface area contributed by atoms with Gasteiger partial charge in [-0.2, -0.15) is 0 Å². The molecule has 0 saturated carbocycles. The van der Waals surface area contributed by atoms with Crippen LogP contribution in [-0.2, 0) is 4.79 Å². The number of carbonyl (C=O) groups is 2. The zero-order valence-corrected chi connectivity index (χ0v) is 16.2. The molecule has 2 atom stereocenters. The molecule has 1 aliphatic carbocycles. The van der Waals surface area contributed by atoms with Crippen LogP contribution in [0.3, 0.4) is 0 Å². The Balaban J connectivity index is 1.77. The smallest absolute Gasteiger partial charge is 0.265 e. The van der Waals surface area contributed by atoms with Crippen molar-refractivity contribution in [2.24, 2.45) is 0 Å². The summed E-state index contributed by atoms with van der Waals surface area (Å²) in [6, 6.07) is 7.64. The van der Waals surface area contributed by atoms with Gasteiger partial charge in [-0.15, -0.1) is 0 Å². The predicted molar refractivity (Wildman–Crippen MR) is 102 cm³/mol. The van der Waals surface area contributed by atoms with Crippen molar-refractivity contribution in [1.29, 1.82) is 0 Å². The molecule has 2 aromatic rings. The summed E-state index contributed by atoms with van der Waals surface area (Å²) in [5.74, 6) is 0.0168. The molecular weight excluding hydrogens is 365 g/mol. The van der Waals surface area contributed by atoms with E-state index in [2.05, 4.69) is 5.32 Å². The first-order chi connectivity index (χ1) is 13.3. The number of benzene rings is 2. The number of anilines is 1. The van der Waals surface area contributed by atoms with E-state index in [1.807, 2.05) is 0 Å². The Hall–Kier alpha value is -3.09. The topological polar surface area (TPSA) is 73.9 Å². The molecule has 1 aliphatic rings. The van der Waals surface area contributed by atoms with Crippen molar-refractivity contribution in [3.63, 3.8) is 0 Å². The highest BCUT2D eigenvalue weighted by Crippen LogP contribution is 2.40. The van der Waals surface area contributed by atoms with Gasteiger partial charge in [-0.05, 0) is 37.1 Å². The highest BCUT2D eigenvalue weighted by molar-refractivity contribution is 6.04. The third-order valence-electron chi connectivity index (χ3n) is 4.74. The van der Waals surface area contributed by atoms with E-state index in [-0.39, 0.29) is 29.4 Å². The van der Waals surface area contributed by atoms with Gasteiger partial charge in [0.05, 0.1) is 19.8 Å². The SMILES string of the molecule is COc1ccc(NC(=O)[C@@H](C)Oc2ccc(F)c3c2C(=O)C[C@@H]3C)cc1OC. The van der Waals surface area contributed by atoms with Crippen LogP contribution in [0, 0.1) is 5.82 Å². The number of carbonyl (C=O) groups excluding carboxylic acids is 2. The van der Waals surface area contributed by atoms with Gasteiger partial charge >= 0.3 is 0 Å². The summed E-state index contributed by atoms with van der Waals surface area (Å²) < 4.78 is 30.2. The van der Waals surface area contributed by atoms with Crippen molar-refractivity contribution in [2.45, 2.75) is 32.3 Å². The predicted octanol–water partition coefficient (Wildman–Crippen LogP) is 3.94. The first kappa shape index (κ1) is 19.7. The standard InChI is InChI=1S/C21H22FNO5/c1-11-9-15(24)20-17(8-6-14(22)19(11)20)28-12(2)21(25)23-13-5-7-16(26-3)18(10-13)27-4/h5-8,10-12H,9H2,1-4H3,(H,23,25)/t11-,12+/m0/s1. The van der Waals surface area contributed by atoms with E-state index in [1.165, 1.54) is 26.4 Å². The third kappa shape index (κ3) is 3.65. The summed E-state index contributed by atoms with van der Waals surface area (Å²) in [4.78, 5) is 24.8. The summed E-state index contributed by atoms with van der Waals surface area (Å²) in [6.07, 6.45) is -0.662. The van der Waals surface area contributed by atoms with Gasteiger partial charge in [0, 0.05) is 23.7 Å². The largest absolute Gasteiger partial charge is 0.493 e. The van der Waals surface area contributed by atoms with Crippen LogP contribution in [0.2, 0.25) is 0 Å². The zero-order valence-electron chi connectivity index (χ0n) is 16.2. The molecule has 0 spiro atoms. The van der Waals surface area contributed by atoms with Crippen molar-refractivity contribution in [1.82, 2.24) is 0 Å². The minimum absolute atomic E-state index is 0.176. The van der Waals surface area contributed by atoms with Crippen LogP contribution >= 0.6 is 0 Å². The van der Waals surface area contributed by atoms with E-state index in [4.69, 9.17) is 14.2 Å². The molecule has 6 nitrogen and oxygen atoms in total. The molecule has 2 aromatic carbocycles. The van der Waals surface area contributed by atoms with Gasteiger partial charge in [-0.25, -0.2) is 4.39 Å². The molecule has 3 rings (SSSR count). The van der Waals surface area contributed by atoms with Crippen molar-refractivity contribution in [3.8, 4) is 17.2 Å². The number of rotatable bonds is 6. The Kier molecular flexibility index (Phi) is 5.53. The molecule has 1 amide bonds. The van der Waals surface area contributed by atoms with Gasteiger partial charge in [-0.1, -0.05) is 6.92 Å². The number of ether oxygens (including phenoxy) is 3. The fraction of sp³-hybridized carbons (Fsp3) is 0.333. The van der Waals surface area contributed by atoms with Crippen molar-refractivity contribution in [3.05, 3.63) is 47.3 Å². The quantitative estimate of drug-likeness (QED) is 0.813. The van der Waals surface area contributed by atoms with E-state index in [0.717, 1.165) is 0 Å². The maximum Gasteiger partial charge on any atom is 0.265 e. The molecule has 0 bridgehead atoms. The van der Waals surface area contributed by atoms with Gasteiger partial charge in [0.15, 0.2) is 23.4 Å². The average molecular weight is 387 g/mol. The number of nitrogens with one attached hydrogen (secondary N) is 1. The van der Waals surface area contributed by atoms with Crippen LogP contribution in [0.25, 0.3) is 0 Å². The van der Waals surface area contributed by atoms with Crippen molar-refractivity contribution >= 4 is 17.4 Å². The zero-order chi connectivity index (χ0) is 20.4. The number of hydrogen-bond acceptors (Lipinski definition) is 5. The van der Waals surface area contributed by atoms with Gasteiger partial charge in [0.25, 0.3) is 5.91 Å². The first-order valence-electron chi connectivity index (χ1n) is 8.90. The molecule has 28 heavy (non-hydrogen) atoms. The Bertz CT molecular complexity index is 927. The lowest BCUT2D eigenvalue weighted by molar-refractivity contribution is -0.122. The van der Waals surface area contributed by atoms with E-state index >= 15 is 0 Å². The van der Waals surface area contributed by atoms with Gasteiger partial charge < -0.3 is 19.5 Å². The van der Waals surface area contributed by atoms with E-state index in [9.17, 15) is 14.0 Å². The fourth-order valence-electron chi connectivity index (χ4n) is 3.33. The monoisotopic (exact) mass is 387 g/mol. The number of halogens is 1. The molecule has 0 aliphatic heterocycles. The van der Waals surface area contributed by atoms with Gasteiger partial charge in [-0.3, -0.25) is 9.59 Å². The Morgan fingerprint density at radius 1 is 1.14 bits per heavy atom. The van der Waals surface area contributed by atoms with E-state index in [0.29, 0.717) is 22.7 Å². The van der Waals surface area contributed by atoms with Crippen LogP contribution in [-0.4, -0.2) is 32.0 Å². The highest BCUT2D eigenvalue weighted by atomic mass is 19.1. The summed E-state index contributed by atoms with van der Waals surface area (Å²) in [6.45, 7) is 3.36. The molecular formula is C21H22FNO5. The summed E-state index contributed by atoms with van der Waals surface area (Å²) in [5.41, 5.74) is 1.10. The van der Waals surface area contributed by atoms with Gasteiger partial charge in [0.2, 0.25) is 0 Å². The van der Waals surface area contributed by atoms with Crippen LogP contribution in [0.1, 0.15) is 42.1 Å². The number of Topliss-reactive ketones (excluding diaryl/α,β-unsaturated/α-hetero) is 1. The Labute approximate surface area is 162 Å². The normalized spacial score (nSPS) is 16.3. The van der Waals surface area contributed by atoms with E-state index < -0.39 is 17.8 Å². The minimum Gasteiger partial charge on any atom is -0.493 e. The molecule has 148 valence electrons. The second-order valence-corrected chi connectivity index (χ2v) is 6.68. The maximum absolute atomic E-state index is 14.1. The number of hydrogen-bond donors (Lipinski definition) is 1. The Morgan fingerprint density at radius 3 is 2.50 bits per heavy atom. The van der Waals surface area contributed by atoms with Gasteiger partial charge in [0.1, 0.15) is 11.6 Å². The highest BCUT2D eigenvalue weighted by Gasteiger charge is 2.33. The lowest BCUT2D eigenvalue weighted by Gasteiger charge is -2.18. The molecule has 0 aromatic heterocycles. The van der Waals surface area contributed by atoms with E-state index in [1.54, 1.807) is 32.0 Å². The van der Waals surface area contributed by atoms with Crippen LogP contribution in [0.4, 0.5) is 10.1 Å². The first-order valence-corrected chi connectivity index (χ1v) is 8.90. The maximum atomic E-state index is 14.1. The molecule has 0 radical (unpaired) electrons. The lowest BCUT2D eigenvalue weighted by Crippen LogP contribution is -2.30. The minimum atomic E-state index is -0.897. The summed E-state index contributed by atoms with van der Waals surface area (Å²) in [5, 5.41) is 2.73. The number of fused-ring (bicyclic) bond motifs is 1. The number of amides is 1. The molecule has 0 fully saturated rings. The average Bonchev–Trinajstić information content (AvgIpc) is 2.98. The molecule has 0 unspecified atom stereocenters. The molecule has 7 heteroatoms. The lowest BCUT2D eigenvalue weighted by atomic mass is 10.0. The van der Waals surface area contributed by atoms with Crippen LogP contribution in [0.5, 0.6) is 17.2 Å².